The fraction of sp³-hybridized carbons (Fsp3) is 0.529. The first-order chi connectivity index (χ1) is 10.1. The van der Waals surface area contributed by atoms with E-state index in [1.54, 1.807) is 13.8 Å². The zero-order valence-corrected chi connectivity index (χ0v) is 12.7. The smallest absolute Gasteiger partial charge is 0.306 e. The molecule has 0 aliphatic carbocycles. The zero-order chi connectivity index (χ0) is 15.2. The molecule has 114 valence electrons. The largest absolute Gasteiger partial charge is 0.466 e. The van der Waals surface area contributed by atoms with Gasteiger partial charge in [-0.1, -0.05) is 30.3 Å². The molecule has 1 aromatic rings. The Balaban J connectivity index is 1.98. The Morgan fingerprint density at radius 2 is 1.95 bits per heavy atom. The fourth-order valence-corrected chi connectivity index (χ4v) is 3.03. The van der Waals surface area contributed by atoms with Gasteiger partial charge in [0, 0.05) is 25.6 Å². The Morgan fingerprint density at radius 3 is 2.57 bits per heavy atom. The van der Waals surface area contributed by atoms with Crippen molar-refractivity contribution in [3.05, 3.63) is 35.9 Å². The lowest BCUT2D eigenvalue weighted by Crippen LogP contribution is -2.23. The van der Waals surface area contributed by atoms with Crippen molar-refractivity contribution in [2.75, 3.05) is 19.7 Å². The lowest BCUT2D eigenvalue weighted by atomic mass is 9.90. The van der Waals surface area contributed by atoms with Gasteiger partial charge in [0.05, 0.1) is 13.0 Å². The lowest BCUT2D eigenvalue weighted by molar-refractivity contribution is -0.144. The van der Waals surface area contributed by atoms with Crippen molar-refractivity contribution < 1.29 is 14.3 Å². The van der Waals surface area contributed by atoms with Gasteiger partial charge in [0.25, 0.3) is 0 Å². The number of carbonyl (C=O) groups is 2. The summed E-state index contributed by atoms with van der Waals surface area (Å²) in [6.45, 7) is 6.14. The fourth-order valence-electron chi connectivity index (χ4n) is 3.03. The van der Waals surface area contributed by atoms with Crippen LogP contribution in [0.3, 0.4) is 0 Å². The first-order valence-corrected chi connectivity index (χ1v) is 7.52. The predicted octanol–water partition coefficient (Wildman–Crippen LogP) is 2.28. The van der Waals surface area contributed by atoms with Crippen molar-refractivity contribution in [1.29, 1.82) is 0 Å². The van der Waals surface area contributed by atoms with E-state index in [0.717, 1.165) is 19.6 Å². The van der Waals surface area contributed by atoms with Gasteiger partial charge in [0.1, 0.15) is 5.78 Å². The highest BCUT2D eigenvalue weighted by Crippen LogP contribution is 2.28. The number of hydrogen-bond acceptors (Lipinski definition) is 4. The van der Waals surface area contributed by atoms with Gasteiger partial charge in [-0.05, 0) is 25.3 Å². The molecule has 1 fully saturated rings. The van der Waals surface area contributed by atoms with Crippen LogP contribution in [-0.4, -0.2) is 36.3 Å². The highest BCUT2D eigenvalue weighted by atomic mass is 16.5. The molecule has 0 aromatic heterocycles. The van der Waals surface area contributed by atoms with Gasteiger partial charge in [0.2, 0.25) is 0 Å². The summed E-state index contributed by atoms with van der Waals surface area (Å²) in [7, 11) is 0. The van der Waals surface area contributed by atoms with Gasteiger partial charge >= 0.3 is 5.97 Å². The minimum Gasteiger partial charge on any atom is -0.466 e. The average molecular weight is 289 g/mol. The number of carbonyl (C=O) groups excluding carboxylic acids is 2. The predicted molar refractivity (Wildman–Crippen MR) is 80.6 cm³/mol. The van der Waals surface area contributed by atoms with Crippen LogP contribution >= 0.6 is 0 Å². The molecule has 0 unspecified atom stereocenters. The number of ketones is 1. The molecular formula is C17H23NO3. The molecule has 4 nitrogen and oxygen atoms in total. The van der Waals surface area contributed by atoms with E-state index in [-0.39, 0.29) is 23.6 Å². The molecule has 21 heavy (non-hydrogen) atoms. The summed E-state index contributed by atoms with van der Waals surface area (Å²) in [5.74, 6) is -0.0152. The van der Waals surface area contributed by atoms with Gasteiger partial charge < -0.3 is 4.74 Å². The minimum absolute atomic E-state index is 0.0573. The lowest BCUT2D eigenvalue weighted by Gasteiger charge is -2.15. The van der Waals surface area contributed by atoms with Crippen LogP contribution in [0.15, 0.2) is 30.3 Å². The van der Waals surface area contributed by atoms with Crippen molar-refractivity contribution in [2.45, 2.75) is 26.8 Å². The average Bonchev–Trinajstić information content (AvgIpc) is 2.83. The number of likely N-dealkylation sites (tertiary alicyclic amines) is 1. The summed E-state index contributed by atoms with van der Waals surface area (Å²) in [4.78, 5) is 25.8. The monoisotopic (exact) mass is 289 g/mol. The van der Waals surface area contributed by atoms with Gasteiger partial charge in [-0.2, -0.15) is 0 Å². The molecule has 2 atom stereocenters. The van der Waals surface area contributed by atoms with E-state index in [2.05, 4.69) is 17.0 Å². The van der Waals surface area contributed by atoms with Crippen LogP contribution in [0.2, 0.25) is 0 Å². The molecule has 4 heteroatoms. The van der Waals surface area contributed by atoms with E-state index in [0.29, 0.717) is 13.0 Å². The molecule has 1 aliphatic rings. The second-order valence-corrected chi connectivity index (χ2v) is 5.67. The van der Waals surface area contributed by atoms with E-state index in [1.165, 1.54) is 5.56 Å². The third-order valence-electron chi connectivity index (χ3n) is 4.02. The summed E-state index contributed by atoms with van der Waals surface area (Å²) in [6, 6.07) is 10.2. The second-order valence-electron chi connectivity index (χ2n) is 5.67. The molecule has 0 N–H and O–H groups in total. The van der Waals surface area contributed by atoms with Crippen LogP contribution in [0, 0.1) is 11.8 Å². The van der Waals surface area contributed by atoms with E-state index in [1.807, 2.05) is 18.2 Å². The number of hydrogen-bond donors (Lipinski definition) is 0. The van der Waals surface area contributed by atoms with E-state index in [9.17, 15) is 9.59 Å². The SMILES string of the molecule is CCOC(=O)C[C@H]1CN(Cc2ccccc2)C[C@@H]1C(C)=O. The van der Waals surface area contributed by atoms with Gasteiger partial charge in [-0.3, -0.25) is 14.5 Å². The third-order valence-corrected chi connectivity index (χ3v) is 4.02. The molecule has 0 saturated carbocycles. The van der Waals surface area contributed by atoms with Crippen LogP contribution in [0.4, 0.5) is 0 Å². The summed E-state index contributed by atoms with van der Waals surface area (Å²) < 4.78 is 5.02. The third kappa shape index (κ3) is 4.39. The summed E-state index contributed by atoms with van der Waals surface area (Å²) in [6.07, 6.45) is 0.337. The van der Waals surface area contributed by atoms with Gasteiger partial charge in [0.15, 0.2) is 0 Å². The number of nitrogens with zero attached hydrogens (tertiary/aromatic N) is 1. The molecule has 1 aromatic carbocycles. The molecule has 2 rings (SSSR count). The normalized spacial score (nSPS) is 22.2. The molecule has 0 radical (unpaired) electrons. The van der Waals surface area contributed by atoms with Crippen LogP contribution in [0.1, 0.15) is 25.8 Å². The Bertz CT molecular complexity index is 486. The number of ether oxygens (including phenoxy) is 1. The van der Waals surface area contributed by atoms with Gasteiger partial charge in [-0.25, -0.2) is 0 Å². The number of rotatable bonds is 6. The topological polar surface area (TPSA) is 46.6 Å². The Hall–Kier alpha value is -1.68. The maximum absolute atomic E-state index is 11.8. The van der Waals surface area contributed by atoms with Crippen LogP contribution in [0.25, 0.3) is 0 Å². The van der Waals surface area contributed by atoms with Crippen molar-refractivity contribution >= 4 is 11.8 Å². The molecular weight excluding hydrogens is 266 g/mol. The molecule has 0 bridgehead atoms. The van der Waals surface area contributed by atoms with Crippen molar-refractivity contribution in [2.24, 2.45) is 11.8 Å². The number of Topliss-reactive ketones (excluding diaryl/α,β-unsaturated/α-hetero) is 1. The summed E-state index contributed by atoms with van der Waals surface area (Å²) >= 11 is 0. The molecule has 0 amide bonds. The van der Waals surface area contributed by atoms with Crippen molar-refractivity contribution in [1.82, 2.24) is 4.90 Å². The van der Waals surface area contributed by atoms with Gasteiger partial charge in [-0.15, -0.1) is 0 Å². The Kier molecular flexibility index (Phi) is 5.51. The van der Waals surface area contributed by atoms with E-state index >= 15 is 0 Å². The second kappa shape index (κ2) is 7.36. The minimum atomic E-state index is -0.199. The van der Waals surface area contributed by atoms with Crippen LogP contribution in [0.5, 0.6) is 0 Å². The van der Waals surface area contributed by atoms with E-state index in [4.69, 9.17) is 4.74 Å². The first-order valence-electron chi connectivity index (χ1n) is 7.52. The Morgan fingerprint density at radius 1 is 1.24 bits per heavy atom. The maximum Gasteiger partial charge on any atom is 0.306 e. The molecule has 1 heterocycles. The maximum atomic E-state index is 11.8. The Labute approximate surface area is 126 Å². The standard InChI is InChI=1S/C17H23NO3/c1-3-21-17(20)9-15-11-18(12-16(15)13(2)19)10-14-7-5-4-6-8-14/h4-8,15-16H,3,9-12H2,1-2H3/t15-,16+/m0/s1. The summed E-state index contributed by atoms with van der Waals surface area (Å²) in [5, 5.41) is 0. The van der Waals surface area contributed by atoms with Crippen molar-refractivity contribution in [3.8, 4) is 0 Å². The molecule has 1 saturated heterocycles. The molecule has 1 aliphatic heterocycles. The zero-order valence-electron chi connectivity index (χ0n) is 12.7. The van der Waals surface area contributed by atoms with E-state index < -0.39 is 0 Å². The van der Waals surface area contributed by atoms with Crippen LogP contribution < -0.4 is 0 Å². The highest BCUT2D eigenvalue weighted by Gasteiger charge is 2.36. The summed E-state index contributed by atoms with van der Waals surface area (Å²) in [5.41, 5.74) is 1.23. The first kappa shape index (κ1) is 15.7. The molecule has 0 spiro atoms. The number of esters is 1. The van der Waals surface area contributed by atoms with Crippen LogP contribution in [-0.2, 0) is 20.9 Å². The highest BCUT2D eigenvalue weighted by molar-refractivity contribution is 5.80. The number of benzene rings is 1. The quantitative estimate of drug-likeness (QED) is 0.754. The van der Waals surface area contributed by atoms with Crippen molar-refractivity contribution in [3.63, 3.8) is 0 Å².